The third kappa shape index (κ3) is 5.19. The second-order valence-corrected chi connectivity index (χ2v) is 6.33. The molecule has 0 aromatic heterocycles. The van der Waals surface area contributed by atoms with E-state index < -0.39 is 12.0 Å². The van der Waals surface area contributed by atoms with E-state index in [1.165, 1.54) is 7.11 Å². The molecule has 0 unspecified atom stereocenters. The van der Waals surface area contributed by atoms with E-state index in [1.54, 1.807) is 0 Å². The fourth-order valence-electron chi connectivity index (χ4n) is 2.81. The van der Waals surface area contributed by atoms with Crippen LogP contribution in [0.4, 0.5) is 0 Å². The minimum Gasteiger partial charge on any atom is -0.489 e. The van der Waals surface area contributed by atoms with Crippen molar-refractivity contribution in [3.05, 3.63) is 90.0 Å². The van der Waals surface area contributed by atoms with E-state index in [-0.39, 0.29) is 0 Å². The molecule has 4 heteroatoms. The average Bonchev–Trinajstić information content (AvgIpc) is 2.73. The van der Waals surface area contributed by atoms with Crippen molar-refractivity contribution in [3.8, 4) is 16.9 Å². The second kappa shape index (κ2) is 9.01. The van der Waals surface area contributed by atoms with Gasteiger partial charge >= 0.3 is 5.97 Å². The first-order valence-corrected chi connectivity index (χ1v) is 8.85. The topological polar surface area (TPSA) is 61.5 Å². The molecule has 0 saturated heterocycles. The Morgan fingerprint density at radius 3 is 2.04 bits per heavy atom. The van der Waals surface area contributed by atoms with Gasteiger partial charge in [0.15, 0.2) is 0 Å². The highest BCUT2D eigenvalue weighted by molar-refractivity contribution is 5.75. The zero-order valence-corrected chi connectivity index (χ0v) is 15.3. The Balaban J connectivity index is 1.60. The number of methoxy groups -OCH3 is 1. The monoisotopic (exact) mass is 361 g/mol. The van der Waals surface area contributed by atoms with Gasteiger partial charge in [0.2, 0.25) is 0 Å². The fraction of sp³-hybridized carbons (Fsp3) is 0.174. The maximum atomic E-state index is 11.4. The van der Waals surface area contributed by atoms with Crippen LogP contribution >= 0.6 is 0 Å². The van der Waals surface area contributed by atoms with Gasteiger partial charge in [-0.1, -0.05) is 66.7 Å². The molecule has 0 amide bonds. The lowest BCUT2D eigenvalue weighted by atomic mass is 10.0. The third-order valence-electron chi connectivity index (χ3n) is 4.35. The van der Waals surface area contributed by atoms with Crippen molar-refractivity contribution >= 4 is 5.97 Å². The second-order valence-electron chi connectivity index (χ2n) is 6.33. The van der Waals surface area contributed by atoms with Crippen molar-refractivity contribution < 1.29 is 14.3 Å². The molecule has 3 rings (SSSR count). The van der Waals surface area contributed by atoms with Crippen LogP contribution in [-0.2, 0) is 22.6 Å². The summed E-state index contributed by atoms with van der Waals surface area (Å²) in [6, 6.07) is 25.5. The summed E-state index contributed by atoms with van der Waals surface area (Å²) in [4.78, 5) is 11.4. The Morgan fingerprint density at radius 1 is 0.852 bits per heavy atom. The first-order chi connectivity index (χ1) is 13.2. The van der Waals surface area contributed by atoms with Crippen LogP contribution in [0, 0.1) is 0 Å². The van der Waals surface area contributed by atoms with Crippen molar-refractivity contribution in [2.24, 2.45) is 5.73 Å². The Bertz CT molecular complexity index is 858. The summed E-state index contributed by atoms with van der Waals surface area (Å²) in [5.41, 5.74) is 10.1. The van der Waals surface area contributed by atoms with Gasteiger partial charge in [-0.25, -0.2) is 0 Å². The van der Waals surface area contributed by atoms with Gasteiger partial charge < -0.3 is 15.2 Å². The van der Waals surface area contributed by atoms with Gasteiger partial charge in [0.1, 0.15) is 18.4 Å². The van der Waals surface area contributed by atoms with E-state index in [4.69, 9.17) is 10.5 Å². The first kappa shape index (κ1) is 18.7. The maximum absolute atomic E-state index is 11.4. The van der Waals surface area contributed by atoms with Crippen LogP contribution in [0.25, 0.3) is 11.1 Å². The van der Waals surface area contributed by atoms with E-state index in [1.807, 2.05) is 78.9 Å². The summed E-state index contributed by atoms with van der Waals surface area (Å²) in [6.45, 7) is 0.551. The van der Waals surface area contributed by atoms with E-state index in [0.717, 1.165) is 28.0 Å². The van der Waals surface area contributed by atoms with Crippen LogP contribution in [0.5, 0.6) is 5.75 Å². The number of ether oxygens (including phenoxy) is 2. The van der Waals surface area contributed by atoms with E-state index in [2.05, 4.69) is 4.74 Å². The lowest BCUT2D eigenvalue weighted by Crippen LogP contribution is -2.33. The van der Waals surface area contributed by atoms with Gasteiger partial charge in [-0.2, -0.15) is 0 Å². The molecule has 4 nitrogen and oxygen atoms in total. The number of nitrogens with two attached hydrogens (primary N) is 1. The lowest BCUT2D eigenvalue weighted by Gasteiger charge is -2.10. The van der Waals surface area contributed by atoms with Crippen LogP contribution < -0.4 is 10.5 Å². The largest absolute Gasteiger partial charge is 0.489 e. The van der Waals surface area contributed by atoms with Crippen molar-refractivity contribution in [2.45, 2.75) is 19.1 Å². The summed E-state index contributed by atoms with van der Waals surface area (Å²) < 4.78 is 10.5. The number of hydrogen-bond acceptors (Lipinski definition) is 4. The molecule has 0 aliphatic rings. The van der Waals surface area contributed by atoms with Crippen LogP contribution in [0.15, 0.2) is 78.9 Å². The molecular formula is C23H23NO3. The molecule has 1 atom stereocenters. The summed E-state index contributed by atoms with van der Waals surface area (Å²) in [5, 5.41) is 0. The molecule has 0 bridgehead atoms. The molecule has 0 aliphatic heterocycles. The molecule has 0 radical (unpaired) electrons. The average molecular weight is 361 g/mol. The minimum atomic E-state index is -0.637. The number of benzene rings is 3. The number of carbonyl (C=O) groups is 1. The molecule has 3 aromatic carbocycles. The van der Waals surface area contributed by atoms with Crippen LogP contribution in [0.1, 0.15) is 11.1 Å². The van der Waals surface area contributed by atoms with E-state index in [9.17, 15) is 4.79 Å². The number of rotatable bonds is 7. The minimum absolute atomic E-state index is 0.398. The zero-order chi connectivity index (χ0) is 19.1. The lowest BCUT2D eigenvalue weighted by molar-refractivity contribution is -0.142. The van der Waals surface area contributed by atoms with Crippen molar-refractivity contribution in [1.82, 2.24) is 0 Å². The molecule has 3 aromatic rings. The molecule has 27 heavy (non-hydrogen) atoms. The standard InChI is InChI=1S/C23H23NO3/c1-26-23(25)22(24)15-17-7-9-19(10-8-17)20-11-13-21(14-12-20)27-16-18-5-3-2-4-6-18/h2-14,22H,15-16,24H2,1H3/t22-/m0/s1. The van der Waals surface area contributed by atoms with Crippen molar-refractivity contribution in [3.63, 3.8) is 0 Å². The highest BCUT2D eigenvalue weighted by atomic mass is 16.5. The van der Waals surface area contributed by atoms with E-state index >= 15 is 0 Å². The highest BCUT2D eigenvalue weighted by Gasteiger charge is 2.14. The maximum Gasteiger partial charge on any atom is 0.322 e. The highest BCUT2D eigenvalue weighted by Crippen LogP contribution is 2.23. The van der Waals surface area contributed by atoms with Gasteiger partial charge in [0.25, 0.3) is 0 Å². The third-order valence-corrected chi connectivity index (χ3v) is 4.35. The summed E-state index contributed by atoms with van der Waals surface area (Å²) in [5.74, 6) is 0.438. The molecule has 2 N–H and O–H groups in total. The summed E-state index contributed by atoms with van der Waals surface area (Å²) in [7, 11) is 1.35. The summed E-state index contributed by atoms with van der Waals surface area (Å²) in [6.07, 6.45) is 0.458. The van der Waals surface area contributed by atoms with Gasteiger partial charge in [0.05, 0.1) is 7.11 Å². The molecule has 0 fully saturated rings. The normalized spacial score (nSPS) is 11.6. The molecule has 0 spiro atoms. The Morgan fingerprint density at radius 2 is 1.44 bits per heavy atom. The molecule has 0 aliphatic carbocycles. The molecule has 0 saturated carbocycles. The van der Waals surface area contributed by atoms with Gasteiger partial charge in [-0.05, 0) is 40.8 Å². The SMILES string of the molecule is COC(=O)[C@@H](N)Cc1ccc(-c2ccc(OCc3ccccc3)cc2)cc1. The van der Waals surface area contributed by atoms with E-state index in [0.29, 0.717) is 13.0 Å². The van der Waals surface area contributed by atoms with Crippen molar-refractivity contribution in [2.75, 3.05) is 7.11 Å². The fourth-order valence-corrected chi connectivity index (χ4v) is 2.81. The quantitative estimate of drug-likeness (QED) is 0.647. The smallest absolute Gasteiger partial charge is 0.322 e. The van der Waals surface area contributed by atoms with Gasteiger partial charge in [-0.15, -0.1) is 0 Å². The van der Waals surface area contributed by atoms with Crippen molar-refractivity contribution in [1.29, 1.82) is 0 Å². The molecular weight excluding hydrogens is 338 g/mol. The predicted molar refractivity (Wildman–Crippen MR) is 106 cm³/mol. The Labute approximate surface area is 159 Å². The van der Waals surface area contributed by atoms with Crippen LogP contribution in [0.3, 0.4) is 0 Å². The number of esters is 1. The first-order valence-electron chi connectivity index (χ1n) is 8.85. The van der Waals surface area contributed by atoms with Crippen LogP contribution in [-0.4, -0.2) is 19.1 Å². The van der Waals surface area contributed by atoms with Gasteiger partial charge in [-0.3, -0.25) is 4.79 Å². The number of hydrogen-bond donors (Lipinski definition) is 1. The zero-order valence-electron chi connectivity index (χ0n) is 15.3. The Kier molecular flexibility index (Phi) is 6.23. The molecule has 0 heterocycles. The Hall–Kier alpha value is -3.11. The predicted octanol–water partition coefficient (Wildman–Crippen LogP) is 3.98. The van der Waals surface area contributed by atoms with Crippen LogP contribution in [0.2, 0.25) is 0 Å². The summed E-state index contributed by atoms with van der Waals surface area (Å²) >= 11 is 0. The molecule has 138 valence electrons. The number of carbonyl (C=O) groups excluding carboxylic acids is 1. The van der Waals surface area contributed by atoms with Gasteiger partial charge in [0, 0.05) is 0 Å².